The number of amides is 2. The van der Waals surface area contributed by atoms with Crippen molar-refractivity contribution in [3.63, 3.8) is 0 Å². The highest BCUT2D eigenvalue weighted by Crippen LogP contribution is 2.20. The molecule has 25 heavy (non-hydrogen) atoms. The van der Waals surface area contributed by atoms with E-state index in [4.69, 9.17) is 4.74 Å². The lowest BCUT2D eigenvalue weighted by atomic mass is 9.88. The van der Waals surface area contributed by atoms with E-state index >= 15 is 0 Å². The van der Waals surface area contributed by atoms with Gasteiger partial charge < -0.3 is 15.4 Å². The summed E-state index contributed by atoms with van der Waals surface area (Å²) in [6.45, 7) is 9.92. The molecule has 0 aliphatic carbocycles. The molecule has 0 bridgehead atoms. The summed E-state index contributed by atoms with van der Waals surface area (Å²) >= 11 is 0. The number of carbonyl (C=O) groups is 3. The van der Waals surface area contributed by atoms with Gasteiger partial charge in [-0.15, -0.1) is 0 Å². The Hall–Kier alpha value is -1.85. The van der Waals surface area contributed by atoms with Crippen molar-refractivity contribution in [3.8, 4) is 0 Å². The lowest BCUT2D eigenvalue weighted by Crippen LogP contribution is -2.41. The third-order valence-corrected chi connectivity index (χ3v) is 4.18. The zero-order chi connectivity index (χ0) is 19.2. The molecule has 0 aliphatic heterocycles. The molecule has 144 valence electrons. The van der Waals surface area contributed by atoms with Crippen LogP contribution in [0.5, 0.6) is 0 Å². The van der Waals surface area contributed by atoms with Gasteiger partial charge in [-0.1, -0.05) is 32.4 Å². The minimum absolute atomic E-state index is 0.0379. The SMILES string of the molecule is C/C=C/C(CCCOC(=O)NCCCC)C(C)C(=O)NC(C)C(C)=O. The number of nitrogens with one attached hydrogen (secondary N) is 2. The molecule has 0 saturated heterocycles. The van der Waals surface area contributed by atoms with Gasteiger partial charge in [-0.25, -0.2) is 4.79 Å². The summed E-state index contributed by atoms with van der Waals surface area (Å²) in [7, 11) is 0. The van der Waals surface area contributed by atoms with Crippen LogP contribution in [0, 0.1) is 11.8 Å². The second-order valence-electron chi connectivity index (χ2n) is 6.38. The fourth-order valence-corrected chi connectivity index (χ4v) is 2.30. The Bertz CT molecular complexity index is 449. The van der Waals surface area contributed by atoms with E-state index < -0.39 is 12.1 Å². The first kappa shape index (κ1) is 23.1. The molecule has 0 fully saturated rings. The predicted molar refractivity (Wildman–Crippen MR) is 99.2 cm³/mol. The van der Waals surface area contributed by atoms with E-state index in [1.54, 1.807) is 6.92 Å². The van der Waals surface area contributed by atoms with Crippen molar-refractivity contribution in [2.75, 3.05) is 13.2 Å². The number of hydrogen-bond acceptors (Lipinski definition) is 4. The summed E-state index contributed by atoms with van der Waals surface area (Å²) in [5.74, 6) is -0.415. The van der Waals surface area contributed by atoms with Crippen molar-refractivity contribution in [1.29, 1.82) is 0 Å². The Kier molecular flexibility index (Phi) is 12.4. The molecule has 0 aromatic carbocycles. The number of allylic oxidation sites excluding steroid dienone is 2. The van der Waals surface area contributed by atoms with Crippen LogP contribution >= 0.6 is 0 Å². The fraction of sp³-hybridized carbons (Fsp3) is 0.737. The van der Waals surface area contributed by atoms with E-state index in [9.17, 15) is 14.4 Å². The van der Waals surface area contributed by atoms with Gasteiger partial charge in [0.05, 0.1) is 12.6 Å². The second-order valence-corrected chi connectivity index (χ2v) is 6.38. The third-order valence-electron chi connectivity index (χ3n) is 4.18. The number of Topliss-reactive ketones (excluding diaryl/α,β-unsaturated/α-hetero) is 1. The van der Waals surface area contributed by atoms with E-state index in [2.05, 4.69) is 17.6 Å². The van der Waals surface area contributed by atoms with Crippen LogP contribution < -0.4 is 10.6 Å². The number of carbonyl (C=O) groups excluding carboxylic acids is 3. The largest absolute Gasteiger partial charge is 0.450 e. The van der Waals surface area contributed by atoms with Crippen LogP contribution in [-0.2, 0) is 14.3 Å². The van der Waals surface area contributed by atoms with E-state index in [0.717, 1.165) is 19.3 Å². The maximum absolute atomic E-state index is 12.3. The van der Waals surface area contributed by atoms with Crippen LogP contribution in [0.1, 0.15) is 60.3 Å². The molecule has 3 unspecified atom stereocenters. The first-order valence-electron chi connectivity index (χ1n) is 9.17. The van der Waals surface area contributed by atoms with Crippen molar-refractivity contribution in [2.24, 2.45) is 11.8 Å². The smallest absolute Gasteiger partial charge is 0.407 e. The lowest BCUT2D eigenvalue weighted by molar-refractivity contribution is -0.129. The Balaban J connectivity index is 4.30. The fourth-order valence-electron chi connectivity index (χ4n) is 2.30. The third kappa shape index (κ3) is 10.6. The Morgan fingerprint density at radius 2 is 1.84 bits per heavy atom. The highest BCUT2D eigenvalue weighted by atomic mass is 16.5. The Morgan fingerprint density at radius 3 is 2.40 bits per heavy atom. The minimum Gasteiger partial charge on any atom is -0.450 e. The number of rotatable bonds is 12. The summed E-state index contributed by atoms with van der Waals surface area (Å²) in [5, 5.41) is 5.44. The Labute approximate surface area is 151 Å². The topological polar surface area (TPSA) is 84.5 Å². The molecule has 2 amide bonds. The molecule has 0 aliphatic rings. The van der Waals surface area contributed by atoms with Gasteiger partial charge in [0, 0.05) is 12.5 Å². The molecule has 0 aromatic heterocycles. The summed E-state index contributed by atoms with van der Waals surface area (Å²) in [5.41, 5.74) is 0. The normalized spacial score (nSPS) is 14.6. The zero-order valence-corrected chi connectivity index (χ0v) is 16.3. The molecule has 6 nitrogen and oxygen atoms in total. The molecule has 0 radical (unpaired) electrons. The van der Waals surface area contributed by atoms with Crippen LogP contribution in [0.4, 0.5) is 4.79 Å². The van der Waals surface area contributed by atoms with Gasteiger partial charge >= 0.3 is 6.09 Å². The van der Waals surface area contributed by atoms with Gasteiger partial charge in [0.25, 0.3) is 0 Å². The van der Waals surface area contributed by atoms with Gasteiger partial charge in [-0.2, -0.15) is 0 Å². The average Bonchev–Trinajstić information content (AvgIpc) is 2.57. The van der Waals surface area contributed by atoms with Gasteiger partial charge in [-0.3, -0.25) is 9.59 Å². The molecule has 6 heteroatoms. The molecular weight excluding hydrogens is 320 g/mol. The van der Waals surface area contributed by atoms with Gasteiger partial charge in [0.1, 0.15) is 0 Å². The van der Waals surface area contributed by atoms with E-state index in [-0.39, 0.29) is 23.5 Å². The maximum Gasteiger partial charge on any atom is 0.407 e. The van der Waals surface area contributed by atoms with Crippen molar-refractivity contribution >= 4 is 17.8 Å². The zero-order valence-electron chi connectivity index (χ0n) is 16.3. The first-order valence-corrected chi connectivity index (χ1v) is 9.17. The van der Waals surface area contributed by atoms with Gasteiger partial charge in [0.2, 0.25) is 5.91 Å². The van der Waals surface area contributed by atoms with Gasteiger partial charge in [-0.05, 0) is 46.0 Å². The van der Waals surface area contributed by atoms with Crippen molar-refractivity contribution in [2.45, 2.75) is 66.3 Å². The van der Waals surface area contributed by atoms with Crippen LogP contribution in [0.2, 0.25) is 0 Å². The number of alkyl carbamates (subject to hydrolysis) is 1. The monoisotopic (exact) mass is 354 g/mol. The number of ether oxygens (including phenoxy) is 1. The molecule has 0 rings (SSSR count). The number of hydrogen-bond donors (Lipinski definition) is 2. The van der Waals surface area contributed by atoms with E-state index in [0.29, 0.717) is 19.6 Å². The van der Waals surface area contributed by atoms with Crippen molar-refractivity contribution in [3.05, 3.63) is 12.2 Å². The van der Waals surface area contributed by atoms with Gasteiger partial charge in [0.15, 0.2) is 5.78 Å². The lowest BCUT2D eigenvalue weighted by Gasteiger charge is -2.22. The summed E-state index contributed by atoms with van der Waals surface area (Å²) in [4.78, 5) is 35.0. The number of ketones is 1. The molecule has 3 atom stereocenters. The minimum atomic E-state index is -0.476. The van der Waals surface area contributed by atoms with Crippen LogP contribution in [-0.4, -0.2) is 37.0 Å². The summed E-state index contributed by atoms with van der Waals surface area (Å²) in [6, 6.07) is -0.476. The highest BCUT2D eigenvalue weighted by molar-refractivity contribution is 5.88. The average molecular weight is 354 g/mol. The quantitative estimate of drug-likeness (QED) is 0.416. The number of unbranched alkanes of at least 4 members (excludes halogenated alkanes) is 1. The predicted octanol–water partition coefficient (Wildman–Crippen LogP) is 3.22. The molecule has 0 heterocycles. The molecule has 0 aromatic rings. The molecular formula is C19H34N2O4. The molecule has 0 spiro atoms. The Morgan fingerprint density at radius 1 is 1.16 bits per heavy atom. The van der Waals surface area contributed by atoms with E-state index in [1.165, 1.54) is 6.92 Å². The molecule has 2 N–H and O–H groups in total. The molecule has 0 saturated carbocycles. The van der Waals surface area contributed by atoms with Crippen LogP contribution in [0.15, 0.2) is 12.2 Å². The van der Waals surface area contributed by atoms with Crippen molar-refractivity contribution in [1.82, 2.24) is 10.6 Å². The second kappa shape index (κ2) is 13.4. The van der Waals surface area contributed by atoms with Crippen molar-refractivity contribution < 1.29 is 19.1 Å². The van der Waals surface area contributed by atoms with Crippen LogP contribution in [0.3, 0.4) is 0 Å². The maximum atomic E-state index is 12.3. The van der Waals surface area contributed by atoms with E-state index in [1.807, 2.05) is 26.0 Å². The summed E-state index contributed by atoms with van der Waals surface area (Å²) in [6.07, 6.45) is 6.88. The van der Waals surface area contributed by atoms with Crippen LogP contribution in [0.25, 0.3) is 0 Å². The standard InChI is InChI=1S/C19H34N2O4/c1-6-8-12-20-19(24)25-13-9-11-17(10-7-2)14(3)18(23)21-15(4)16(5)22/h7,10,14-15,17H,6,8-9,11-13H2,1-5H3,(H,20,24)(H,21,23)/b10-7+. The summed E-state index contributed by atoms with van der Waals surface area (Å²) < 4.78 is 5.13. The highest BCUT2D eigenvalue weighted by Gasteiger charge is 2.23. The first-order chi connectivity index (χ1) is 11.8.